The molecule has 2 unspecified atom stereocenters. The third kappa shape index (κ3) is 6.35. The molecule has 11 rings (SSSR count). The first-order chi connectivity index (χ1) is 31.2. The van der Waals surface area contributed by atoms with Crippen LogP contribution in [0.4, 0.5) is 45.5 Å². The van der Waals surface area contributed by atoms with E-state index in [2.05, 4.69) is 219 Å². The van der Waals surface area contributed by atoms with E-state index in [9.17, 15) is 0 Å². The lowest BCUT2D eigenvalue weighted by molar-refractivity contribution is 0.218. The molecule has 1 fully saturated rings. The van der Waals surface area contributed by atoms with E-state index in [1.807, 2.05) is 0 Å². The fraction of sp³-hybridized carbons (Fsp3) is 0.419. The molecule has 5 aliphatic rings. The molecule has 6 aromatic rings. The van der Waals surface area contributed by atoms with Crippen LogP contribution in [0, 0.1) is 0 Å². The Morgan fingerprint density at radius 2 is 1.00 bits per heavy atom. The normalized spacial score (nSPS) is 22.6. The number of benzene rings is 6. The standard InChI is InChI=1S/C62H72BN3/c1-57(2,3)41-23-22-26-44(35-41)65-52-36-42(58(4,5)6)29-30-49(52)63-50-39-47-48(60(9,10)34-33-59(47,7)8)40-53(50)64(43-24-16-15-17-25-43)54-37-45(38-55(65)56(54)63)66-51-28-19-18-27-46(51)61(11)31-20-13-14-21-32-62(61,66)12/h15-19,22-30,35-40H,13-14,20-21,31-34H2,1-12H3. The van der Waals surface area contributed by atoms with Gasteiger partial charge in [-0.15, -0.1) is 0 Å². The number of hydrogen-bond acceptors (Lipinski definition) is 3. The number of rotatable bonds is 3. The number of para-hydroxylation sites is 2. The Hall–Kier alpha value is -5.22. The minimum absolute atomic E-state index is 0.00900. The van der Waals surface area contributed by atoms with Gasteiger partial charge in [0.1, 0.15) is 0 Å². The zero-order chi connectivity index (χ0) is 46.3. The maximum Gasteiger partial charge on any atom is 0.252 e. The van der Waals surface area contributed by atoms with Gasteiger partial charge < -0.3 is 14.7 Å². The lowest BCUT2D eigenvalue weighted by Gasteiger charge is -2.50. The highest BCUT2D eigenvalue weighted by Gasteiger charge is 2.57. The summed E-state index contributed by atoms with van der Waals surface area (Å²) in [6.45, 7) is 29.4. The second kappa shape index (κ2) is 14.6. The summed E-state index contributed by atoms with van der Waals surface area (Å²) in [6.07, 6.45) is 9.85. The molecule has 0 saturated heterocycles. The van der Waals surface area contributed by atoms with E-state index in [1.54, 1.807) is 0 Å². The molecular weight excluding hydrogens is 798 g/mol. The van der Waals surface area contributed by atoms with Crippen LogP contribution in [0.1, 0.15) is 162 Å². The highest BCUT2D eigenvalue weighted by atomic mass is 15.3. The molecule has 3 nitrogen and oxygen atoms in total. The average molecular weight is 870 g/mol. The van der Waals surface area contributed by atoms with Crippen LogP contribution in [0.5, 0.6) is 0 Å². The van der Waals surface area contributed by atoms with Gasteiger partial charge in [-0.2, -0.15) is 0 Å². The summed E-state index contributed by atoms with van der Waals surface area (Å²) < 4.78 is 0. The number of anilines is 8. The fourth-order valence-corrected chi connectivity index (χ4v) is 13.3. The topological polar surface area (TPSA) is 9.72 Å². The third-order valence-corrected chi connectivity index (χ3v) is 17.6. The van der Waals surface area contributed by atoms with E-state index >= 15 is 0 Å². The predicted molar refractivity (Wildman–Crippen MR) is 285 cm³/mol. The molecule has 3 heterocycles. The molecule has 4 heteroatoms. The van der Waals surface area contributed by atoms with Crippen LogP contribution in [0.2, 0.25) is 0 Å². The maximum atomic E-state index is 2.83. The first-order valence-corrected chi connectivity index (χ1v) is 25.4. The molecule has 338 valence electrons. The summed E-state index contributed by atoms with van der Waals surface area (Å²) in [5.41, 5.74) is 21.8. The molecular formula is C62H72BN3. The first-order valence-electron chi connectivity index (χ1n) is 25.4. The zero-order valence-corrected chi connectivity index (χ0v) is 42.1. The smallest absolute Gasteiger partial charge is 0.252 e. The van der Waals surface area contributed by atoms with Crippen molar-refractivity contribution in [3.63, 3.8) is 0 Å². The molecule has 0 N–H and O–H groups in total. The summed E-state index contributed by atoms with van der Waals surface area (Å²) in [4.78, 5) is 8.19. The van der Waals surface area contributed by atoms with Crippen molar-refractivity contribution in [2.45, 2.75) is 167 Å². The lowest BCUT2D eigenvalue weighted by Crippen LogP contribution is -2.62. The van der Waals surface area contributed by atoms with Crippen molar-refractivity contribution >= 4 is 68.6 Å². The summed E-state index contributed by atoms with van der Waals surface area (Å²) in [5, 5.41) is 0. The fourth-order valence-electron chi connectivity index (χ4n) is 13.3. The molecule has 0 bridgehead atoms. The van der Waals surface area contributed by atoms with Crippen molar-refractivity contribution in [1.82, 2.24) is 0 Å². The second-order valence-corrected chi connectivity index (χ2v) is 24.8. The molecule has 6 aromatic carbocycles. The maximum absolute atomic E-state index is 2.83. The molecule has 2 atom stereocenters. The Morgan fingerprint density at radius 3 is 1.68 bits per heavy atom. The van der Waals surface area contributed by atoms with E-state index in [0.717, 1.165) is 6.42 Å². The van der Waals surface area contributed by atoms with Crippen molar-refractivity contribution < 1.29 is 0 Å². The van der Waals surface area contributed by atoms with Crippen molar-refractivity contribution in [1.29, 1.82) is 0 Å². The van der Waals surface area contributed by atoms with Crippen LogP contribution in [0.25, 0.3) is 0 Å². The number of nitrogens with zero attached hydrogens (tertiary/aromatic N) is 3. The Kier molecular flexibility index (Phi) is 9.62. The SMILES string of the molecule is CC(C)(C)c1cccc(N2c3cc(C(C)(C)C)ccc3B3c4cc5c(cc4N(c4ccccc4)c4cc(N6c7ccccc7C7(C)CCCCCCC67C)cc2c43)C(C)(C)CCC5(C)C)c1. The molecule has 3 aliphatic heterocycles. The van der Waals surface area contributed by atoms with Crippen LogP contribution >= 0.6 is 0 Å². The van der Waals surface area contributed by atoms with E-state index in [4.69, 9.17) is 0 Å². The van der Waals surface area contributed by atoms with Gasteiger partial charge in [-0.05, 0) is 153 Å². The van der Waals surface area contributed by atoms with Crippen LogP contribution in [0.15, 0.2) is 121 Å². The highest BCUT2D eigenvalue weighted by molar-refractivity contribution is 7.00. The number of hydrogen-bond donors (Lipinski definition) is 0. The first kappa shape index (κ1) is 43.4. The van der Waals surface area contributed by atoms with Gasteiger partial charge in [0.25, 0.3) is 6.71 Å². The Labute approximate surface area is 397 Å². The second-order valence-electron chi connectivity index (χ2n) is 24.8. The van der Waals surface area contributed by atoms with Gasteiger partial charge in [-0.3, -0.25) is 0 Å². The summed E-state index contributed by atoms with van der Waals surface area (Å²) in [5.74, 6) is 0. The van der Waals surface area contributed by atoms with Gasteiger partial charge in [0, 0.05) is 50.9 Å². The molecule has 2 aliphatic carbocycles. The van der Waals surface area contributed by atoms with Gasteiger partial charge in [0.05, 0.1) is 5.54 Å². The van der Waals surface area contributed by atoms with Crippen molar-refractivity contribution in [2.24, 2.45) is 0 Å². The van der Waals surface area contributed by atoms with Crippen LogP contribution in [-0.4, -0.2) is 12.3 Å². The average Bonchev–Trinajstić information content (AvgIpc) is 3.46. The Balaban J connectivity index is 1.29. The minimum Gasteiger partial charge on any atom is -0.334 e. The molecule has 0 amide bonds. The molecule has 0 spiro atoms. The molecule has 0 radical (unpaired) electrons. The van der Waals surface area contributed by atoms with Crippen molar-refractivity contribution in [3.8, 4) is 0 Å². The van der Waals surface area contributed by atoms with Gasteiger partial charge in [-0.1, -0.05) is 169 Å². The molecule has 0 aromatic heterocycles. The largest absolute Gasteiger partial charge is 0.334 e. The third-order valence-electron chi connectivity index (χ3n) is 17.6. The van der Waals surface area contributed by atoms with Crippen LogP contribution in [-0.2, 0) is 27.1 Å². The summed E-state index contributed by atoms with van der Waals surface area (Å²) in [6, 6.07) is 48.3. The highest BCUT2D eigenvalue weighted by Crippen LogP contribution is 2.61. The quantitative estimate of drug-likeness (QED) is 0.164. The summed E-state index contributed by atoms with van der Waals surface area (Å²) >= 11 is 0. The van der Waals surface area contributed by atoms with E-state index in [1.165, 1.54) is 135 Å². The number of fused-ring (bicyclic) bond motifs is 8. The van der Waals surface area contributed by atoms with Crippen molar-refractivity contribution in [2.75, 3.05) is 14.7 Å². The van der Waals surface area contributed by atoms with Gasteiger partial charge >= 0.3 is 0 Å². The molecule has 66 heavy (non-hydrogen) atoms. The van der Waals surface area contributed by atoms with E-state index < -0.39 is 0 Å². The van der Waals surface area contributed by atoms with Crippen LogP contribution in [0.3, 0.4) is 0 Å². The predicted octanol–water partition coefficient (Wildman–Crippen LogP) is 15.2. The van der Waals surface area contributed by atoms with Gasteiger partial charge in [-0.25, -0.2) is 0 Å². The summed E-state index contributed by atoms with van der Waals surface area (Å²) in [7, 11) is 0. The van der Waals surface area contributed by atoms with Crippen molar-refractivity contribution in [3.05, 3.63) is 149 Å². The Bertz CT molecular complexity index is 2910. The Morgan fingerprint density at radius 1 is 0.424 bits per heavy atom. The van der Waals surface area contributed by atoms with Crippen LogP contribution < -0.4 is 31.1 Å². The van der Waals surface area contributed by atoms with E-state index in [0.29, 0.717) is 0 Å². The lowest BCUT2D eigenvalue weighted by atomic mass is 9.33. The zero-order valence-electron chi connectivity index (χ0n) is 42.1. The monoisotopic (exact) mass is 870 g/mol. The van der Waals surface area contributed by atoms with Gasteiger partial charge in [0.2, 0.25) is 0 Å². The van der Waals surface area contributed by atoms with E-state index in [-0.39, 0.29) is 39.3 Å². The molecule has 1 saturated carbocycles. The minimum atomic E-state index is -0.112. The van der Waals surface area contributed by atoms with Gasteiger partial charge in [0.15, 0.2) is 0 Å².